The molecule has 0 amide bonds. The number of allylic oxidation sites excluding steroid dienone is 2. The normalized spacial score (nSPS) is 35.0. The van der Waals surface area contributed by atoms with Crippen LogP contribution in [0.15, 0.2) is 12.2 Å². The Bertz CT molecular complexity index is 442. The Morgan fingerprint density at radius 1 is 1.10 bits per heavy atom. The Hall–Kier alpha value is -1.36. The molecule has 5 nitrogen and oxygen atoms in total. The lowest BCUT2D eigenvalue weighted by Gasteiger charge is -2.27. The van der Waals surface area contributed by atoms with Crippen LogP contribution in [-0.4, -0.2) is 48.2 Å². The number of carbonyl (C=O) groups is 2. The molecule has 1 saturated heterocycles. The van der Waals surface area contributed by atoms with Crippen LogP contribution in [0, 0.1) is 23.7 Å². The molecule has 3 rings (SSSR count). The van der Waals surface area contributed by atoms with Crippen LogP contribution in [0.2, 0.25) is 0 Å². The molecule has 21 heavy (non-hydrogen) atoms. The van der Waals surface area contributed by atoms with E-state index in [0.717, 1.165) is 26.1 Å². The number of carboxylic acids is 1. The molecule has 5 heteroatoms. The Labute approximate surface area is 124 Å². The summed E-state index contributed by atoms with van der Waals surface area (Å²) in [5.41, 5.74) is 0. The number of esters is 1. The van der Waals surface area contributed by atoms with E-state index in [2.05, 4.69) is 4.90 Å². The van der Waals surface area contributed by atoms with Gasteiger partial charge in [-0.05, 0) is 44.2 Å². The zero-order chi connectivity index (χ0) is 14.8. The number of rotatable bonds is 5. The number of nitrogens with zero attached hydrogens (tertiary/aromatic N) is 1. The van der Waals surface area contributed by atoms with Crippen LogP contribution in [0.4, 0.5) is 0 Å². The smallest absolute Gasteiger partial charge is 0.310 e. The lowest BCUT2D eigenvalue weighted by Crippen LogP contribution is -2.37. The molecule has 116 valence electrons. The van der Waals surface area contributed by atoms with E-state index >= 15 is 0 Å². The topological polar surface area (TPSA) is 66.8 Å². The van der Waals surface area contributed by atoms with E-state index in [1.165, 1.54) is 19.3 Å². The molecule has 0 spiro atoms. The summed E-state index contributed by atoms with van der Waals surface area (Å²) in [5.74, 6) is -2.21. The van der Waals surface area contributed by atoms with Crippen LogP contribution in [-0.2, 0) is 14.3 Å². The van der Waals surface area contributed by atoms with Gasteiger partial charge in [0.05, 0.1) is 11.8 Å². The fourth-order valence-electron chi connectivity index (χ4n) is 4.03. The summed E-state index contributed by atoms with van der Waals surface area (Å²) in [4.78, 5) is 25.9. The molecule has 1 aliphatic heterocycles. The second-order valence-corrected chi connectivity index (χ2v) is 6.41. The molecule has 0 radical (unpaired) electrons. The summed E-state index contributed by atoms with van der Waals surface area (Å²) in [6, 6.07) is 0. The summed E-state index contributed by atoms with van der Waals surface area (Å²) in [5, 5.41) is 9.33. The summed E-state index contributed by atoms with van der Waals surface area (Å²) >= 11 is 0. The lowest BCUT2D eigenvalue weighted by atomic mass is 9.83. The minimum Gasteiger partial charge on any atom is -0.481 e. The van der Waals surface area contributed by atoms with E-state index in [-0.39, 0.29) is 17.8 Å². The zero-order valence-corrected chi connectivity index (χ0v) is 12.2. The van der Waals surface area contributed by atoms with Gasteiger partial charge in [-0.1, -0.05) is 18.6 Å². The number of carboxylic acid groups (broad SMARTS) is 1. The fourth-order valence-corrected chi connectivity index (χ4v) is 4.03. The average Bonchev–Trinajstić information content (AvgIpc) is 3.08. The number of aliphatic carboxylic acids is 1. The first-order chi connectivity index (χ1) is 10.2. The third-order valence-corrected chi connectivity index (χ3v) is 5.12. The van der Waals surface area contributed by atoms with Crippen molar-refractivity contribution in [2.75, 3.05) is 26.2 Å². The summed E-state index contributed by atoms with van der Waals surface area (Å²) in [6.07, 6.45) is 8.43. The van der Waals surface area contributed by atoms with Crippen LogP contribution < -0.4 is 0 Å². The number of fused-ring (bicyclic) bond motifs is 2. The maximum atomic E-state index is 12.3. The SMILES string of the molecule is O=C(O)C1C2C=CC(C2)C1C(=O)OCCN1CCCCC1. The molecular formula is C16H23NO4. The number of ether oxygens (including phenoxy) is 1. The van der Waals surface area contributed by atoms with Gasteiger partial charge in [-0.3, -0.25) is 14.5 Å². The molecule has 3 aliphatic rings. The predicted octanol–water partition coefficient (Wildman–Crippen LogP) is 1.54. The van der Waals surface area contributed by atoms with Gasteiger partial charge in [-0.15, -0.1) is 0 Å². The minimum absolute atomic E-state index is 0.00662. The highest BCUT2D eigenvalue weighted by Crippen LogP contribution is 2.48. The maximum absolute atomic E-state index is 12.3. The molecule has 1 N–H and O–H groups in total. The second-order valence-electron chi connectivity index (χ2n) is 6.41. The van der Waals surface area contributed by atoms with Crippen molar-refractivity contribution in [1.29, 1.82) is 0 Å². The second kappa shape index (κ2) is 6.18. The van der Waals surface area contributed by atoms with Crippen LogP contribution in [0.1, 0.15) is 25.7 Å². The van der Waals surface area contributed by atoms with E-state index in [1.807, 2.05) is 12.2 Å². The maximum Gasteiger partial charge on any atom is 0.310 e. The van der Waals surface area contributed by atoms with Crippen molar-refractivity contribution in [1.82, 2.24) is 4.90 Å². The highest BCUT2D eigenvalue weighted by molar-refractivity contribution is 5.83. The van der Waals surface area contributed by atoms with E-state index in [9.17, 15) is 14.7 Å². The first-order valence-corrected chi connectivity index (χ1v) is 7.97. The highest BCUT2D eigenvalue weighted by atomic mass is 16.5. The lowest BCUT2D eigenvalue weighted by molar-refractivity contribution is -0.158. The Balaban J connectivity index is 1.50. The molecule has 4 atom stereocenters. The third kappa shape index (κ3) is 2.98. The molecule has 2 fully saturated rings. The standard InChI is InChI=1S/C16H23NO4/c18-15(19)13-11-4-5-12(10-11)14(13)16(20)21-9-8-17-6-2-1-3-7-17/h4-5,11-14H,1-3,6-10H2,(H,18,19). The zero-order valence-electron chi connectivity index (χ0n) is 12.2. The van der Waals surface area contributed by atoms with E-state index < -0.39 is 17.8 Å². The molecule has 0 aromatic heterocycles. The van der Waals surface area contributed by atoms with Crippen LogP contribution in [0.3, 0.4) is 0 Å². The van der Waals surface area contributed by atoms with Crippen molar-refractivity contribution in [3.8, 4) is 0 Å². The van der Waals surface area contributed by atoms with Crippen molar-refractivity contribution in [3.05, 3.63) is 12.2 Å². The van der Waals surface area contributed by atoms with Gasteiger partial charge in [-0.2, -0.15) is 0 Å². The van der Waals surface area contributed by atoms with Crippen molar-refractivity contribution < 1.29 is 19.4 Å². The van der Waals surface area contributed by atoms with Crippen molar-refractivity contribution >= 4 is 11.9 Å². The third-order valence-electron chi connectivity index (χ3n) is 5.12. The van der Waals surface area contributed by atoms with Gasteiger partial charge in [0, 0.05) is 6.54 Å². The first-order valence-electron chi connectivity index (χ1n) is 7.97. The van der Waals surface area contributed by atoms with E-state index in [1.54, 1.807) is 0 Å². The predicted molar refractivity (Wildman–Crippen MR) is 76.6 cm³/mol. The van der Waals surface area contributed by atoms with Gasteiger partial charge in [0.1, 0.15) is 6.61 Å². The largest absolute Gasteiger partial charge is 0.481 e. The molecular weight excluding hydrogens is 270 g/mol. The van der Waals surface area contributed by atoms with Gasteiger partial charge < -0.3 is 9.84 Å². The monoisotopic (exact) mass is 293 g/mol. The van der Waals surface area contributed by atoms with Gasteiger partial charge >= 0.3 is 11.9 Å². The van der Waals surface area contributed by atoms with Gasteiger partial charge in [0.25, 0.3) is 0 Å². The number of hydrogen-bond acceptors (Lipinski definition) is 4. The van der Waals surface area contributed by atoms with Crippen LogP contribution in [0.5, 0.6) is 0 Å². The molecule has 4 unspecified atom stereocenters. The van der Waals surface area contributed by atoms with E-state index in [4.69, 9.17) is 4.74 Å². The summed E-state index contributed by atoms with van der Waals surface area (Å²) in [7, 11) is 0. The fraction of sp³-hybridized carbons (Fsp3) is 0.750. The quantitative estimate of drug-likeness (QED) is 0.615. The number of likely N-dealkylation sites (tertiary alicyclic amines) is 1. The number of piperidine rings is 1. The number of carbonyl (C=O) groups excluding carboxylic acids is 1. The summed E-state index contributed by atoms with van der Waals surface area (Å²) in [6.45, 7) is 3.29. The summed E-state index contributed by atoms with van der Waals surface area (Å²) < 4.78 is 5.38. The molecule has 0 aromatic carbocycles. The Morgan fingerprint density at radius 3 is 2.43 bits per heavy atom. The van der Waals surface area contributed by atoms with Crippen molar-refractivity contribution in [2.24, 2.45) is 23.7 Å². The highest BCUT2D eigenvalue weighted by Gasteiger charge is 2.52. The Morgan fingerprint density at radius 2 is 1.76 bits per heavy atom. The van der Waals surface area contributed by atoms with Gasteiger partial charge in [0.15, 0.2) is 0 Å². The van der Waals surface area contributed by atoms with E-state index in [0.29, 0.717) is 6.61 Å². The average molecular weight is 293 g/mol. The molecule has 1 saturated carbocycles. The Kier molecular flexibility index (Phi) is 4.29. The van der Waals surface area contributed by atoms with Crippen LogP contribution >= 0.6 is 0 Å². The molecule has 0 aromatic rings. The van der Waals surface area contributed by atoms with Crippen molar-refractivity contribution in [3.63, 3.8) is 0 Å². The first kappa shape index (κ1) is 14.6. The molecule has 2 bridgehead atoms. The van der Waals surface area contributed by atoms with Gasteiger partial charge in [-0.25, -0.2) is 0 Å². The molecule has 2 aliphatic carbocycles. The van der Waals surface area contributed by atoms with Crippen LogP contribution in [0.25, 0.3) is 0 Å². The van der Waals surface area contributed by atoms with Gasteiger partial charge in [0.2, 0.25) is 0 Å². The molecule has 1 heterocycles. The van der Waals surface area contributed by atoms with Crippen molar-refractivity contribution in [2.45, 2.75) is 25.7 Å². The number of hydrogen-bond donors (Lipinski definition) is 1. The minimum atomic E-state index is -0.871.